The standard InChI is InChI=1S/C24H23N3O3S2/c1-17-6-2-3-8-19(17)16-23(28)26-24(31)25-20-10-12-21(13-11-20)32(29,30)27-15-14-18-7-4-5-9-22(18)27/h2-13H,14-16H2,1H3,(H2,25,26,28,31). The molecule has 8 heteroatoms. The number of anilines is 2. The highest BCUT2D eigenvalue weighted by atomic mass is 32.2. The number of fused-ring (bicyclic) bond motifs is 1. The lowest BCUT2D eigenvalue weighted by atomic mass is 10.1. The number of carbonyl (C=O) groups is 1. The van der Waals surface area contributed by atoms with Crippen molar-refractivity contribution in [3.8, 4) is 0 Å². The van der Waals surface area contributed by atoms with Crippen molar-refractivity contribution in [1.82, 2.24) is 5.32 Å². The van der Waals surface area contributed by atoms with Crippen LogP contribution in [0.4, 0.5) is 11.4 Å². The van der Waals surface area contributed by atoms with Crippen LogP contribution in [-0.2, 0) is 27.7 Å². The Bertz CT molecular complexity index is 1270. The molecular weight excluding hydrogens is 442 g/mol. The van der Waals surface area contributed by atoms with Crippen LogP contribution in [0.15, 0.2) is 77.7 Å². The van der Waals surface area contributed by atoms with Crippen LogP contribution >= 0.6 is 12.2 Å². The molecule has 0 radical (unpaired) electrons. The lowest BCUT2D eigenvalue weighted by molar-refractivity contribution is -0.119. The Kier molecular flexibility index (Phi) is 6.25. The lowest BCUT2D eigenvalue weighted by Gasteiger charge is -2.19. The summed E-state index contributed by atoms with van der Waals surface area (Å²) in [7, 11) is -3.65. The van der Waals surface area contributed by atoms with Crippen LogP contribution in [0.3, 0.4) is 0 Å². The number of sulfonamides is 1. The zero-order chi connectivity index (χ0) is 22.7. The normalized spacial score (nSPS) is 12.8. The molecule has 3 aromatic rings. The third-order valence-electron chi connectivity index (χ3n) is 5.41. The minimum atomic E-state index is -3.65. The number of benzene rings is 3. The van der Waals surface area contributed by atoms with Crippen LogP contribution in [0.5, 0.6) is 0 Å². The maximum Gasteiger partial charge on any atom is 0.264 e. The number of para-hydroxylation sites is 1. The molecule has 1 heterocycles. The molecule has 1 aliphatic heterocycles. The highest BCUT2D eigenvalue weighted by molar-refractivity contribution is 7.92. The number of amides is 1. The van der Waals surface area contributed by atoms with E-state index in [-0.39, 0.29) is 22.3 Å². The average molecular weight is 466 g/mol. The molecule has 0 spiro atoms. The Morgan fingerprint density at radius 1 is 1.00 bits per heavy atom. The summed E-state index contributed by atoms with van der Waals surface area (Å²) in [6.07, 6.45) is 0.925. The van der Waals surface area contributed by atoms with Crippen molar-refractivity contribution in [3.63, 3.8) is 0 Å². The van der Waals surface area contributed by atoms with Gasteiger partial charge in [-0.15, -0.1) is 0 Å². The van der Waals surface area contributed by atoms with E-state index in [0.29, 0.717) is 18.7 Å². The lowest BCUT2D eigenvalue weighted by Crippen LogP contribution is -2.35. The maximum absolute atomic E-state index is 13.1. The number of thiocarbonyl (C=S) groups is 1. The molecule has 0 atom stereocenters. The molecule has 3 aromatic carbocycles. The summed E-state index contributed by atoms with van der Waals surface area (Å²) in [6, 6.07) is 21.6. The summed E-state index contributed by atoms with van der Waals surface area (Å²) in [5.41, 5.74) is 4.32. The van der Waals surface area contributed by atoms with Gasteiger partial charge in [0.15, 0.2) is 5.11 Å². The highest BCUT2D eigenvalue weighted by Crippen LogP contribution is 2.32. The molecule has 0 saturated carbocycles. The number of hydrogen-bond acceptors (Lipinski definition) is 4. The van der Waals surface area contributed by atoms with E-state index < -0.39 is 10.0 Å². The van der Waals surface area contributed by atoms with Gasteiger partial charge in [0.25, 0.3) is 10.0 Å². The summed E-state index contributed by atoms with van der Waals surface area (Å²) >= 11 is 5.23. The van der Waals surface area contributed by atoms with E-state index in [9.17, 15) is 13.2 Å². The van der Waals surface area contributed by atoms with Crippen LogP contribution in [0, 0.1) is 6.92 Å². The second-order valence-corrected chi connectivity index (χ2v) is 9.86. The molecule has 4 rings (SSSR count). The van der Waals surface area contributed by atoms with Gasteiger partial charge in [-0.3, -0.25) is 9.10 Å². The molecular formula is C24H23N3O3S2. The first-order valence-electron chi connectivity index (χ1n) is 10.2. The van der Waals surface area contributed by atoms with E-state index >= 15 is 0 Å². The van der Waals surface area contributed by atoms with Gasteiger partial charge < -0.3 is 10.6 Å². The van der Waals surface area contributed by atoms with E-state index in [1.54, 1.807) is 12.1 Å². The molecule has 2 N–H and O–H groups in total. The van der Waals surface area contributed by atoms with Gasteiger partial charge in [0.05, 0.1) is 17.0 Å². The van der Waals surface area contributed by atoms with Crippen molar-refractivity contribution in [2.75, 3.05) is 16.2 Å². The number of hydrogen-bond donors (Lipinski definition) is 2. The molecule has 0 fully saturated rings. The molecule has 0 saturated heterocycles. The van der Waals surface area contributed by atoms with Crippen molar-refractivity contribution in [2.24, 2.45) is 0 Å². The summed E-state index contributed by atoms with van der Waals surface area (Å²) in [6.45, 7) is 2.38. The summed E-state index contributed by atoms with van der Waals surface area (Å²) in [5, 5.41) is 5.75. The van der Waals surface area contributed by atoms with E-state index in [1.807, 2.05) is 55.5 Å². The Hall–Kier alpha value is -3.23. The number of nitrogens with zero attached hydrogens (tertiary/aromatic N) is 1. The highest BCUT2D eigenvalue weighted by Gasteiger charge is 2.30. The first-order chi connectivity index (χ1) is 15.3. The predicted octanol–water partition coefficient (Wildman–Crippen LogP) is 3.80. The topological polar surface area (TPSA) is 78.5 Å². The monoisotopic (exact) mass is 465 g/mol. The summed E-state index contributed by atoms with van der Waals surface area (Å²) in [5.74, 6) is -0.219. The molecule has 164 valence electrons. The van der Waals surface area contributed by atoms with Crippen LogP contribution in [0.25, 0.3) is 0 Å². The fourth-order valence-electron chi connectivity index (χ4n) is 3.71. The van der Waals surface area contributed by atoms with Crippen molar-refractivity contribution in [3.05, 3.63) is 89.5 Å². The van der Waals surface area contributed by atoms with E-state index in [4.69, 9.17) is 12.2 Å². The number of nitrogens with one attached hydrogen (secondary N) is 2. The third-order valence-corrected chi connectivity index (χ3v) is 7.44. The second-order valence-electron chi connectivity index (χ2n) is 7.59. The minimum Gasteiger partial charge on any atom is -0.332 e. The van der Waals surface area contributed by atoms with Gasteiger partial charge >= 0.3 is 0 Å². The Morgan fingerprint density at radius 2 is 1.69 bits per heavy atom. The van der Waals surface area contributed by atoms with E-state index in [2.05, 4.69) is 10.6 Å². The number of rotatable bonds is 5. The van der Waals surface area contributed by atoms with Crippen molar-refractivity contribution in [2.45, 2.75) is 24.7 Å². The largest absolute Gasteiger partial charge is 0.332 e. The average Bonchev–Trinajstić information content (AvgIpc) is 3.21. The van der Waals surface area contributed by atoms with Crippen molar-refractivity contribution in [1.29, 1.82) is 0 Å². The van der Waals surface area contributed by atoms with Crippen LogP contribution < -0.4 is 14.9 Å². The Morgan fingerprint density at radius 3 is 2.44 bits per heavy atom. The van der Waals surface area contributed by atoms with Gasteiger partial charge in [-0.2, -0.15) is 0 Å². The first-order valence-corrected chi connectivity index (χ1v) is 12.1. The zero-order valence-electron chi connectivity index (χ0n) is 17.5. The fraction of sp³-hybridized carbons (Fsp3) is 0.167. The van der Waals surface area contributed by atoms with Crippen LogP contribution in [0.2, 0.25) is 0 Å². The van der Waals surface area contributed by atoms with Gasteiger partial charge in [0.2, 0.25) is 5.91 Å². The number of carbonyl (C=O) groups excluding carboxylic acids is 1. The fourth-order valence-corrected chi connectivity index (χ4v) is 5.44. The first kappa shape index (κ1) is 22.0. The molecule has 0 aliphatic carbocycles. The summed E-state index contributed by atoms with van der Waals surface area (Å²) in [4.78, 5) is 12.5. The molecule has 6 nitrogen and oxygen atoms in total. The molecule has 0 aromatic heterocycles. The molecule has 1 aliphatic rings. The summed E-state index contributed by atoms with van der Waals surface area (Å²) < 4.78 is 27.6. The zero-order valence-corrected chi connectivity index (χ0v) is 19.2. The maximum atomic E-state index is 13.1. The Labute approximate surface area is 193 Å². The molecule has 1 amide bonds. The second kappa shape index (κ2) is 9.10. The van der Waals surface area contributed by atoms with Gasteiger partial charge in [-0.05, 0) is 72.6 Å². The Balaban J connectivity index is 1.39. The van der Waals surface area contributed by atoms with Crippen LogP contribution in [0.1, 0.15) is 16.7 Å². The van der Waals surface area contributed by atoms with Gasteiger partial charge in [-0.25, -0.2) is 8.42 Å². The van der Waals surface area contributed by atoms with Crippen molar-refractivity contribution < 1.29 is 13.2 Å². The quantitative estimate of drug-likeness (QED) is 0.561. The smallest absolute Gasteiger partial charge is 0.264 e. The molecule has 0 bridgehead atoms. The van der Waals surface area contributed by atoms with E-state index in [1.165, 1.54) is 16.4 Å². The van der Waals surface area contributed by atoms with Gasteiger partial charge in [0.1, 0.15) is 0 Å². The SMILES string of the molecule is Cc1ccccc1CC(=O)NC(=S)Nc1ccc(S(=O)(=O)N2CCc3ccccc32)cc1. The third kappa shape index (κ3) is 4.66. The van der Waals surface area contributed by atoms with Gasteiger partial charge in [0, 0.05) is 12.2 Å². The molecule has 32 heavy (non-hydrogen) atoms. The van der Waals surface area contributed by atoms with Crippen molar-refractivity contribution >= 4 is 44.6 Å². The van der Waals surface area contributed by atoms with Gasteiger partial charge in [-0.1, -0.05) is 42.5 Å². The molecule has 0 unspecified atom stereocenters. The number of aryl methyl sites for hydroxylation is 1. The predicted molar refractivity (Wildman–Crippen MR) is 130 cm³/mol. The van der Waals surface area contributed by atoms with E-state index in [0.717, 1.165) is 22.4 Å². The van der Waals surface area contributed by atoms with Crippen LogP contribution in [-0.4, -0.2) is 26.0 Å². The minimum absolute atomic E-state index is 0.160.